The molecule has 0 unspecified atom stereocenters. The molecule has 0 aliphatic heterocycles. The second kappa shape index (κ2) is 5.17. The number of rotatable bonds is 6. The molecule has 17 heavy (non-hydrogen) atoms. The average molecular weight is 234 g/mol. The lowest BCUT2D eigenvalue weighted by Gasteiger charge is -2.06. The fraction of sp³-hybridized carbons (Fsp3) is 0.538. The van der Waals surface area contributed by atoms with Crippen molar-refractivity contribution in [1.29, 1.82) is 0 Å². The minimum atomic E-state index is -0.329. The van der Waals surface area contributed by atoms with E-state index in [-0.39, 0.29) is 10.6 Å². The number of benzene rings is 1. The van der Waals surface area contributed by atoms with Gasteiger partial charge in [-0.2, -0.15) is 0 Å². The smallest absolute Gasteiger partial charge is 0.274 e. The van der Waals surface area contributed by atoms with Crippen LogP contribution in [-0.4, -0.2) is 11.5 Å². The first-order valence-corrected chi connectivity index (χ1v) is 6.16. The molecule has 0 heterocycles. The standard InChI is InChI=1S/C13H18N2O2/c1-10-4-7-12(9-13(10)15(16)17)14-8-2-3-11-5-6-11/h4,7,9,11,14H,2-3,5-6,8H2,1H3. The summed E-state index contributed by atoms with van der Waals surface area (Å²) in [6.07, 6.45) is 5.19. The van der Waals surface area contributed by atoms with Crippen molar-refractivity contribution in [3.8, 4) is 0 Å². The van der Waals surface area contributed by atoms with Crippen LogP contribution in [0.25, 0.3) is 0 Å². The summed E-state index contributed by atoms with van der Waals surface area (Å²) in [7, 11) is 0. The molecule has 0 aromatic heterocycles. The molecule has 0 atom stereocenters. The molecular weight excluding hydrogens is 216 g/mol. The highest BCUT2D eigenvalue weighted by Gasteiger charge is 2.20. The van der Waals surface area contributed by atoms with E-state index in [9.17, 15) is 10.1 Å². The van der Waals surface area contributed by atoms with E-state index in [1.165, 1.54) is 19.3 Å². The summed E-state index contributed by atoms with van der Waals surface area (Å²) in [5.74, 6) is 0.948. The molecule has 1 saturated carbocycles. The summed E-state index contributed by atoms with van der Waals surface area (Å²) in [5, 5.41) is 14.0. The number of nitrogens with one attached hydrogen (secondary N) is 1. The number of hydrogen-bond acceptors (Lipinski definition) is 3. The van der Waals surface area contributed by atoms with E-state index in [0.717, 1.165) is 24.6 Å². The van der Waals surface area contributed by atoms with Crippen LogP contribution in [0, 0.1) is 23.0 Å². The van der Waals surface area contributed by atoms with Gasteiger partial charge in [-0.3, -0.25) is 10.1 Å². The molecule has 1 aliphatic rings. The number of nitro groups is 1. The molecule has 0 bridgehead atoms. The topological polar surface area (TPSA) is 55.2 Å². The molecular formula is C13H18N2O2. The van der Waals surface area contributed by atoms with Gasteiger partial charge in [0.1, 0.15) is 0 Å². The van der Waals surface area contributed by atoms with Crippen LogP contribution in [0.3, 0.4) is 0 Å². The van der Waals surface area contributed by atoms with Gasteiger partial charge in [0.05, 0.1) is 4.92 Å². The number of hydrogen-bond donors (Lipinski definition) is 1. The van der Waals surface area contributed by atoms with Crippen LogP contribution in [0.2, 0.25) is 0 Å². The van der Waals surface area contributed by atoms with Crippen LogP contribution in [0.1, 0.15) is 31.2 Å². The van der Waals surface area contributed by atoms with Gasteiger partial charge in [0.25, 0.3) is 5.69 Å². The van der Waals surface area contributed by atoms with Gasteiger partial charge >= 0.3 is 0 Å². The van der Waals surface area contributed by atoms with E-state index >= 15 is 0 Å². The number of nitrogens with zero attached hydrogens (tertiary/aromatic N) is 1. The fourth-order valence-corrected chi connectivity index (χ4v) is 1.95. The lowest BCUT2D eigenvalue weighted by Crippen LogP contribution is -2.02. The molecule has 1 aromatic carbocycles. The van der Waals surface area contributed by atoms with Crippen molar-refractivity contribution in [1.82, 2.24) is 0 Å². The van der Waals surface area contributed by atoms with Crippen LogP contribution in [0.5, 0.6) is 0 Å². The highest BCUT2D eigenvalue weighted by atomic mass is 16.6. The lowest BCUT2D eigenvalue weighted by atomic mass is 10.1. The maximum atomic E-state index is 10.8. The summed E-state index contributed by atoms with van der Waals surface area (Å²) in [5.41, 5.74) is 1.74. The Morgan fingerprint density at radius 3 is 2.88 bits per heavy atom. The Hall–Kier alpha value is -1.58. The Morgan fingerprint density at radius 1 is 1.47 bits per heavy atom. The maximum absolute atomic E-state index is 10.8. The molecule has 1 aliphatic carbocycles. The molecule has 4 heteroatoms. The minimum absolute atomic E-state index is 0.192. The predicted molar refractivity (Wildman–Crippen MR) is 68.3 cm³/mol. The Labute approximate surface area is 101 Å². The second-order valence-corrected chi connectivity index (χ2v) is 4.77. The predicted octanol–water partition coefficient (Wildman–Crippen LogP) is 3.51. The Bertz CT molecular complexity index is 414. The van der Waals surface area contributed by atoms with E-state index in [0.29, 0.717) is 5.56 Å². The molecule has 4 nitrogen and oxygen atoms in total. The molecule has 1 aromatic rings. The highest BCUT2D eigenvalue weighted by Crippen LogP contribution is 2.33. The van der Waals surface area contributed by atoms with E-state index in [2.05, 4.69) is 5.32 Å². The van der Waals surface area contributed by atoms with E-state index in [1.807, 2.05) is 6.07 Å². The van der Waals surface area contributed by atoms with Crippen molar-refractivity contribution in [2.75, 3.05) is 11.9 Å². The largest absolute Gasteiger partial charge is 0.385 e. The molecule has 0 saturated heterocycles. The minimum Gasteiger partial charge on any atom is -0.385 e. The molecule has 2 rings (SSSR count). The Balaban J connectivity index is 1.86. The Morgan fingerprint density at radius 2 is 2.24 bits per heavy atom. The lowest BCUT2D eigenvalue weighted by molar-refractivity contribution is -0.385. The zero-order valence-electron chi connectivity index (χ0n) is 10.1. The van der Waals surface area contributed by atoms with Crippen molar-refractivity contribution >= 4 is 11.4 Å². The van der Waals surface area contributed by atoms with Gasteiger partial charge < -0.3 is 5.32 Å². The summed E-state index contributed by atoms with van der Waals surface area (Å²) in [4.78, 5) is 10.5. The van der Waals surface area contributed by atoms with Crippen molar-refractivity contribution in [3.05, 3.63) is 33.9 Å². The van der Waals surface area contributed by atoms with Crippen molar-refractivity contribution in [3.63, 3.8) is 0 Å². The molecule has 1 fully saturated rings. The normalized spacial score (nSPS) is 14.6. The third-order valence-corrected chi connectivity index (χ3v) is 3.22. The molecule has 92 valence electrons. The van der Waals surface area contributed by atoms with Gasteiger partial charge in [-0.05, 0) is 31.7 Å². The molecule has 0 spiro atoms. The highest BCUT2D eigenvalue weighted by molar-refractivity contribution is 5.54. The zero-order chi connectivity index (χ0) is 12.3. The number of aryl methyl sites for hydroxylation is 1. The molecule has 1 N–H and O–H groups in total. The summed E-state index contributed by atoms with van der Waals surface area (Å²) in [6, 6.07) is 5.31. The van der Waals surface area contributed by atoms with Gasteiger partial charge in [0.2, 0.25) is 0 Å². The first kappa shape index (κ1) is 11.9. The van der Waals surface area contributed by atoms with Gasteiger partial charge in [-0.15, -0.1) is 0 Å². The average Bonchev–Trinajstić information content (AvgIpc) is 3.10. The Kier molecular flexibility index (Phi) is 3.61. The van der Waals surface area contributed by atoms with Gasteiger partial charge in [-0.1, -0.05) is 18.9 Å². The monoisotopic (exact) mass is 234 g/mol. The summed E-state index contributed by atoms with van der Waals surface area (Å²) >= 11 is 0. The van der Waals surface area contributed by atoms with Crippen LogP contribution in [0.4, 0.5) is 11.4 Å². The number of anilines is 1. The zero-order valence-corrected chi connectivity index (χ0v) is 10.1. The van der Waals surface area contributed by atoms with Crippen LogP contribution >= 0.6 is 0 Å². The quantitative estimate of drug-likeness (QED) is 0.465. The van der Waals surface area contributed by atoms with Crippen LogP contribution in [-0.2, 0) is 0 Å². The second-order valence-electron chi connectivity index (χ2n) is 4.77. The van der Waals surface area contributed by atoms with Crippen molar-refractivity contribution in [2.24, 2.45) is 5.92 Å². The van der Waals surface area contributed by atoms with Crippen molar-refractivity contribution in [2.45, 2.75) is 32.6 Å². The van der Waals surface area contributed by atoms with Crippen molar-refractivity contribution < 1.29 is 4.92 Å². The molecule has 0 radical (unpaired) electrons. The van der Waals surface area contributed by atoms with E-state index in [4.69, 9.17) is 0 Å². The SMILES string of the molecule is Cc1ccc(NCCCC2CC2)cc1[N+](=O)[O-]. The van der Waals surface area contributed by atoms with E-state index in [1.54, 1.807) is 19.1 Å². The van der Waals surface area contributed by atoms with E-state index < -0.39 is 0 Å². The molecule has 0 amide bonds. The van der Waals surface area contributed by atoms with Gasteiger partial charge in [0.15, 0.2) is 0 Å². The first-order valence-electron chi connectivity index (χ1n) is 6.16. The van der Waals surface area contributed by atoms with Gasteiger partial charge in [0, 0.05) is 23.9 Å². The van der Waals surface area contributed by atoms with Crippen LogP contribution < -0.4 is 5.32 Å². The van der Waals surface area contributed by atoms with Crippen LogP contribution in [0.15, 0.2) is 18.2 Å². The maximum Gasteiger partial charge on any atom is 0.274 e. The fourth-order valence-electron chi connectivity index (χ4n) is 1.95. The summed E-state index contributed by atoms with van der Waals surface area (Å²) in [6.45, 7) is 2.66. The number of nitro benzene ring substituents is 1. The summed E-state index contributed by atoms with van der Waals surface area (Å²) < 4.78 is 0. The first-order chi connectivity index (χ1) is 8.16. The van der Waals surface area contributed by atoms with Gasteiger partial charge in [-0.25, -0.2) is 0 Å². The third kappa shape index (κ3) is 3.44. The third-order valence-electron chi connectivity index (χ3n) is 3.22.